The van der Waals surface area contributed by atoms with Crippen LogP contribution < -0.4 is 31.5 Å². The fourth-order valence-corrected chi connectivity index (χ4v) is 3.88. The second-order valence-electron chi connectivity index (χ2n) is 8.46. The summed E-state index contributed by atoms with van der Waals surface area (Å²) in [5, 5.41) is 25.5. The van der Waals surface area contributed by atoms with E-state index in [4.69, 9.17) is 10.6 Å². The zero-order valence-electron chi connectivity index (χ0n) is 20.8. The lowest BCUT2D eigenvalue weighted by Gasteiger charge is -2.36. The molecule has 0 unspecified atom stereocenters. The van der Waals surface area contributed by atoms with Crippen LogP contribution in [0.5, 0.6) is 5.75 Å². The number of rotatable bonds is 10. The van der Waals surface area contributed by atoms with Gasteiger partial charge in [0.15, 0.2) is 16.6 Å². The highest BCUT2D eigenvalue weighted by molar-refractivity contribution is 7.88. The van der Waals surface area contributed by atoms with Gasteiger partial charge in [0, 0.05) is 17.6 Å². The van der Waals surface area contributed by atoms with E-state index in [9.17, 15) is 47.4 Å². The number of carboxylic acid groups (broad SMARTS) is 1. The molecule has 0 bridgehead atoms. The van der Waals surface area contributed by atoms with Crippen molar-refractivity contribution in [1.29, 1.82) is 0 Å². The number of H-pyrrole nitrogens is 1. The Morgan fingerprint density at radius 3 is 2.54 bits per heavy atom. The highest BCUT2D eigenvalue weighted by Gasteiger charge is 2.43. The summed E-state index contributed by atoms with van der Waals surface area (Å²) in [6.07, 6.45) is 0.795. The first-order valence-electron chi connectivity index (χ1n) is 10.9. The van der Waals surface area contributed by atoms with Crippen molar-refractivity contribution in [3.63, 3.8) is 0 Å². The maximum Gasteiger partial charge on any atom is 0.350 e. The Morgan fingerprint density at radius 2 is 1.98 bits per heavy atom. The summed E-state index contributed by atoms with van der Waals surface area (Å²) < 4.78 is 25.6. The molecule has 22 heteroatoms. The molecule has 20 nitrogen and oxygen atoms in total. The van der Waals surface area contributed by atoms with Crippen molar-refractivity contribution >= 4 is 62.1 Å². The Hall–Kier alpha value is -5.09. The van der Waals surface area contributed by atoms with E-state index in [1.54, 1.807) is 5.43 Å². The van der Waals surface area contributed by atoms with Crippen molar-refractivity contribution in [3.8, 4) is 5.75 Å². The number of amides is 5. The quantitative estimate of drug-likeness (QED) is 0.0748. The fraction of sp³-hybridized carbons (Fsp3) is 0.263. The second-order valence-corrected chi connectivity index (χ2v) is 10.8. The first-order chi connectivity index (χ1) is 19.0. The monoisotopic (exact) mass is 615 g/mol. The Balaban J connectivity index is 1.59. The minimum atomic E-state index is -4.77. The fourth-order valence-electron chi connectivity index (χ4n) is 2.71. The number of hydrogen-bond acceptors (Lipinski definition) is 14. The predicted octanol–water partition coefficient (Wildman–Crippen LogP) is -3.08. The van der Waals surface area contributed by atoms with Gasteiger partial charge in [-0.05, 0) is 13.8 Å². The average molecular weight is 616 g/mol. The van der Waals surface area contributed by atoms with E-state index in [2.05, 4.69) is 20.4 Å². The molecule has 3 rings (SSSR count). The summed E-state index contributed by atoms with van der Waals surface area (Å²) in [5.41, 5.74) is 3.45. The molecule has 5 amide bonds. The van der Waals surface area contributed by atoms with E-state index in [-0.39, 0.29) is 10.8 Å². The number of thiazole rings is 1. The maximum atomic E-state index is 12.8. The number of likely N-dealkylation sites (tertiary alicyclic amines) is 1. The molecule has 1 aliphatic rings. The summed E-state index contributed by atoms with van der Waals surface area (Å²) in [6, 6.07) is -2.07. The molecule has 220 valence electrons. The molecule has 9 N–H and O–H groups in total. The van der Waals surface area contributed by atoms with E-state index < -0.39 is 80.7 Å². The number of aromatic nitrogens is 2. The van der Waals surface area contributed by atoms with Gasteiger partial charge in [0.2, 0.25) is 11.0 Å². The Bertz CT molecular complexity index is 1610. The molecule has 2 aromatic rings. The zero-order valence-corrected chi connectivity index (χ0v) is 22.5. The van der Waals surface area contributed by atoms with Crippen LogP contribution >= 0.6 is 11.3 Å². The van der Waals surface area contributed by atoms with Crippen molar-refractivity contribution in [2.75, 3.05) is 12.3 Å². The lowest BCUT2D eigenvalue weighted by atomic mass is 10.1. The summed E-state index contributed by atoms with van der Waals surface area (Å²) in [5.74, 6) is -5.30. The number of urea groups is 1. The van der Waals surface area contributed by atoms with E-state index in [1.807, 2.05) is 0 Å². The van der Waals surface area contributed by atoms with Gasteiger partial charge in [0.1, 0.15) is 17.4 Å². The lowest BCUT2D eigenvalue weighted by Crippen LogP contribution is -2.68. The van der Waals surface area contributed by atoms with Crippen molar-refractivity contribution in [1.82, 2.24) is 35.2 Å². The topological polar surface area (TPSA) is 305 Å². The molecule has 41 heavy (non-hydrogen) atoms. The number of anilines is 1. The van der Waals surface area contributed by atoms with Crippen molar-refractivity contribution in [2.24, 2.45) is 5.16 Å². The van der Waals surface area contributed by atoms with Crippen LogP contribution in [0.25, 0.3) is 0 Å². The number of aromatic hydroxyl groups is 1. The van der Waals surface area contributed by atoms with Crippen LogP contribution in [0.3, 0.4) is 0 Å². The first-order valence-corrected chi connectivity index (χ1v) is 13.3. The molecule has 3 heterocycles. The first kappa shape index (κ1) is 30.5. The van der Waals surface area contributed by atoms with Gasteiger partial charge in [0.05, 0.1) is 6.54 Å². The molecule has 1 fully saturated rings. The van der Waals surface area contributed by atoms with Crippen LogP contribution in [0, 0.1) is 0 Å². The molecular weight excluding hydrogens is 594 g/mol. The summed E-state index contributed by atoms with van der Waals surface area (Å²) in [4.78, 5) is 85.1. The van der Waals surface area contributed by atoms with Crippen molar-refractivity contribution < 1.29 is 47.4 Å². The molecule has 1 atom stereocenters. The third-order valence-corrected chi connectivity index (χ3v) is 6.49. The summed E-state index contributed by atoms with van der Waals surface area (Å²) in [7, 11) is -4.77. The molecular formula is C19H21N9O11S2. The second kappa shape index (κ2) is 11.6. The predicted molar refractivity (Wildman–Crippen MR) is 136 cm³/mol. The largest absolute Gasteiger partial charge is 0.503 e. The lowest BCUT2D eigenvalue weighted by molar-refractivity contribution is -0.161. The standard InChI is InChI=1S/C19H21N9O11S2/c1-19(2,16(34)35)39-25-12(9-6-40-17(20)23-9)14(32)22-8-5-28(15(8)33)18(36)26-41(37,38)27-24-13(31)7-3-10(29)11(30)4-21-7/h3-4,6,8,27,30H,5H2,1-2H3,(H2,20,23)(H,21,29)(H,22,32)(H,24,31)(H,26,36)(H,34,35)/t8-/m0/s1. The highest BCUT2D eigenvalue weighted by Crippen LogP contribution is 2.16. The number of carbonyl (C=O) groups is 5. The number of nitrogens with zero attached hydrogens (tertiary/aromatic N) is 3. The zero-order chi connectivity index (χ0) is 30.7. The van der Waals surface area contributed by atoms with Gasteiger partial charge in [-0.15, -0.1) is 16.2 Å². The van der Waals surface area contributed by atoms with E-state index in [0.29, 0.717) is 11.0 Å². The van der Waals surface area contributed by atoms with Gasteiger partial charge in [-0.3, -0.25) is 29.5 Å². The van der Waals surface area contributed by atoms with E-state index in [1.165, 1.54) is 14.9 Å². The number of carbonyl (C=O) groups excluding carboxylic acids is 4. The van der Waals surface area contributed by atoms with Crippen LogP contribution in [0.2, 0.25) is 0 Å². The highest BCUT2D eigenvalue weighted by atomic mass is 32.2. The molecule has 0 aromatic carbocycles. The van der Waals surface area contributed by atoms with E-state index >= 15 is 0 Å². The van der Waals surface area contributed by atoms with Gasteiger partial charge in [-0.1, -0.05) is 5.16 Å². The van der Waals surface area contributed by atoms with E-state index in [0.717, 1.165) is 31.4 Å². The number of aromatic amines is 1. The minimum Gasteiger partial charge on any atom is -0.503 e. The summed E-state index contributed by atoms with van der Waals surface area (Å²) >= 11 is 0.935. The van der Waals surface area contributed by atoms with Crippen molar-refractivity contribution in [2.45, 2.75) is 25.5 Å². The van der Waals surface area contributed by atoms with Crippen LogP contribution in [-0.2, 0) is 29.4 Å². The van der Waals surface area contributed by atoms with Crippen molar-refractivity contribution in [3.05, 3.63) is 39.3 Å². The number of nitrogen functional groups attached to an aromatic ring is 1. The third kappa shape index (κ3) is 7.31. The number of hydrazine groups is 1. The number of imide groups is 1. The molecule has 1 saturated heterocycles. The van der Waals surface area contributed by atoms with Crippen LogP contribution in [0.1, 0.15) is 30.0 Å². The number of β-lactam (4-membered cyclic amide) rings is 1. The molecule has 0 aliphatic carbocycles. The van der Waals surface area contributed by atoms with Crippen LogP contribution in [-0.4, -0.2) is 87.1 Å². The Labute approximate surface area is 232 Å². The Kier molecular flexibility index (Phi) is 8.59. The van der Waals surface area contributed by atoms with Gasteiger partial charge >= 0.3 is 22.2 Å². The molecule has 1 aliphatic heterocycles. The number of hydrogen-bond donors (Lipinski definition) is 8. The normalized spacial score (nSPS) is 15.5. The number of aliphatic carboxylic acids is 1. The van der Waals surface area contributed by atoms with Gasteiger partial charge in [0.25, 0.3) is 17.7 Å². The molecule has 2 aromatic heterocycles. The maximum absolute atomic E-state index is 12.8. The average Bonchev–Trinajstić information content (AvgIpc) is 3.31. The molecule has 0 spiro atoms. The number of oxime groups is 1. The third-order valence-electron chi connectivity index (χ3n) is 5.00. The number of carboxylic acids is 1. The number of pyridine rings is 1. The smallest absolute Gasteiger partial charge is 0.350 e. The number of nitrogens with one attached hydrogen (secondary N) is 5. The van der Waals surface area contributed by atoms with Gasteiger partial charge in [-0.25, -0.2) is 19.3 Å². The Morgan fingerprint density at radius 1 is 1.29 bits per heavy atom. The van der Waals surface area contributed by atoms with Crippen LogP contribution in [0.4, 0.5) is 9.93 Å². The van der Waals surface area contributed by atoms with Gasteiger partial charge in [-0.2, -0.15) is 8.42 Å². The van der Waals surface area contributed by atoms with Crippen LogP contribution in [0.15, 0.2) is 27.6 Å². The number of nitrogens with two attached hydrogens (primary N) is 1. The van der Waals surface area contributed by atoms with Gasteiger partial charge < -0.3 is 31.1 Å². The molecule has 0 saturated carbocycles. The SMILES string of the molecule is CC(C)(ON=C(C(=O)N[C@H]1CN(C(=O)NS(=O)(=O)NNC(=O)c2cc(=O)c(O)c[nH]2)C1=O)c1csc(N)n1)C(=O)O. The summed E-state index contributed by atoms with van der Waals surface area (Å²) in [6.45, 7) is 1.84. The molecule has 0 radical (unpaired) electrons. The minimum absolute atomic E-state index is 0.0444.